The van der Waals surface area contributed by atoms with Crippen molar-refractivity contribution in [2.24, 2.45) is 5.92 Å². The van der Waals surface area contributed by atoms with Gasteiger partial charge in [-0.3, -0.25) is 0 Å². The fraction of sp³-hybridized carbons (Fsp3) is 0.462. The topological polar surface area (TPSA) is 26.0 Å². The molecule has 0 radical (unpaired) electrons. The Labute approximate surface area is 111 Å². The standard InChI is InChI=1S/C13H16ClNOS/c1-10(6-8-14)7-9-17-13-15-11-4-2-3-5-12(11)16-13/h2-5,10H,6-9H2,1H3. The highest BCUT2D eigenvalue weighted by atomic mass is 35.5. The van der Waals surface area contributed by atoms with Gasteiger partial charge in [0.25, 0.3) is 5.22 Å². The molecule has 0 saturated heterocycles. The molecule has 1 atom stereocenters. The summed E-state index contributed by atoms with van der Waals surface area (Å²) in [5.41, 5.74) is 1.80. The number of para-hydroxylation sites is 2. The quantitative estimate of drug-likeness (QED) is 0.567. The summed E-state index contributed by atoms with van der Waals surface area (Å²) in [5, 5.41) is 0.768. The van der Waals surface area contributed by atoms with Crippen LogP contribution in [0, 0.1) is 5.92 Å². The maximum absolute atomic E-state index is 5.71. The third-order valence-corrected chi connectivity index (χ3v) is 3.79. The molecule has 0 bridgehead atoms. The Morgan fingerprint density at radius 2 is 2.18 bits per heavy atom. The molecule has 2 rings (SSSR count). The SMILES string of the molecule is CC(CCCl)CCSc1nc2ccccc2o1. The van der Waals surface area contributed by atoms with Gasteiger partial charge in [0.2, 0.25) is 0 Å². The molecule has 17 heavy (non-hydrogen) atoms. The highest BCUT2D eigenvalue weighted by Crippen LogP contribution is 2.25. The molecular weight excluding hydrogens is 254 g/mol. The number of nitrogens with zero attached hydrogens (tertiary/aromatic N) is 1. The Kier molecular flexibility index (Phi) is 4.75. The van der Waals surface area contributed by atoms with Gasteiger partial charge < -0.3 is 4.42 Å². The molecule has 4 heteroatoms. The summed E-state index contributed by atoms with van der Waals surface area (Å²) >= 11 is 7.39. The Morgan fingerprint density at radius 3 is 2.94 bits per heavy atom. The first kappa shape index (κ1) is 12.8. The molecule has 0 saturated carbocycles. The maximum Gasteiger partial charge on any atom is 0.256 e. The van der Waals surface area contributed by atoms with Crippen molar-refractivity contribution in [3.8, 4) is 0 Å². The molecule has 0 spiro atoms. The Bertz CT molecular complexity index is 438. The van der Waals surface area contributed by atoms with Crippen LogP contribution in [-0.2, 0) is 0 Å². The second-order valence-electron chi connectivity index (χ2n) is 4.17. The second kappa shape index (κ2) is 6.31. The molecule has 2 aromatic rings. The van der Waals surface area contributed by atoms with Crippen LogP contribution < -0.4 is 0 Å². The number of halogens is 1. The number of oxazole rings is 1. The van der Waals surface area contributed by atoms with Gasteiger partial charge in [-0.15, -0.1) is 11.6 Å². The first-order valence-corrected chi connectivity index (χ1v) is 7.36. The molecule has 0 aliphatic rings. The van der Waals surface area contributed by atoms with E-state index in [9.17, 15) is 0 Å². The third kappa shape index (κ3) is 3.65. The molecule has 0 aliphatic heterocycles. The van der Waals surface area contributed by atoms with E-state index in [1.807, 2.05) is 24.3 Å². The van der Waals surface area contributed by atoms with Crippen molar-refractivity contribution in [3.05, 3.63) is 24.3 Å². The van der Waals surface area contributed by atoms with E-state index in [0.717, 1.165) is 40.8 Å². The van der Waals surface area contributed by atoms with Crippen LogP contribution in [0.15, 0.2) is 33.9 Å². The average Bonchev–Trinajstić information content (AvgIpc) is 2.71. The zero-order valence-electron chi connectivity index (χ0n) is 9.86. The van der Waals surface area contributed by atoms with E-state index in [4.69, 9.17) is 16.0 Å². The Balaban J connectivity index is 1.86. The summed E-state index contributed by atoms with van der Waals surface area (Å²) in [7, 11) is 0. The number of aromatic nitrogens is 1. The fourth-order valence-electron chi connectivity index (χ4n) is 1.59. The number of rotatable bonds is 6. The van der Waals surface area contributed by atoms with Crippen LogP contribution in [0.1, 0.15) is 19.8 Å². The van der Waals surface area contributed by atoms with Crippen molar-refractivity contribution in [3.63, 3.8) is 0 Å². The van der Waals surface area contributed by atoms with Gasteiger partial charge in [-0.05, 0) is 30.9 Å². The molecule has 0 fully saturated rings. The van der Waals surface area contributed by atoms with Gasteiger partial charge in [0.15, 0.2) is 5.58 Å². The molecule has 1 aromatic carbocycles. The van der Waals surface area contributed by atoms with Crippen LogP contribution in [-0.4, -0.2) is 16.6 Å². The molecule has 1 heterocycles. The van der Waals surface area contributed by atoms with Crippen molar-refractivity contribution in [2.75, 3.05) is 11.6 Å². The molecular formula is C13H16ClNOS. The number of fused-ring (bicyclic) bond motifs is 1. The smallest absolute Gasteiger partial charge is 0.256 e. The largest absolute Gasteiger partial charge is 0.431 e. The summed E-state index contributed by atoms with van der Waals surface area (Å²) in [6.45, 7) is 2.23. The fourth-order valence-corrected chi connectivity index (χ4v) is 2.97. The third-order valence-electron chi connectivity index (χ3n) is 2.71. The normalized spacial score (nSPS) is 13.1. The maximum atomic E-state index is 5.71. The highest BCUT2D eigenvalue weighted by molar-refractivity contribution is 7.99. The number of alkyl halides is 1. The molecule has 0 aliphatic carbocycles. The summed E-state index contributed by atoms with van der Waals surface area (Å²) < 4.78 is 5.64. The monoisotopic (exact) mass is 269 g/mol. The molecule has 92 valence electrons. The first-order valence-electron chi connectivity index (χ1n) is 5.84. The van der Waals surface area contributed by atoms with Crippen molar-refractivity contribution in [2.45, 2.75) is 25.0 Å². The summed E-state index contributed by atoms with van der Waals surface area (Å²) in [4.78, 5) is 4.43. The van der Waals surface area contributed by atoms with E-state index in [1.54, 1.807) is 11.8 Å². The average molecular weight is 270 g/mol. The molecule has 1 aromatic heterocycles. The minimum atomic E-state index is 0.671. The summed E-state index contributed by atoms with van der Waals surface area (Å²) in [6, 6.07) is 7.86. The number of hydrogen-bond donors (Lipinski definition) is 0. The Hall–Kier alpha value is -0.670. The molecule has 0 N–H and O–H groups in total. The van der Waals surface area contributed by atoms with Crippen LogP contribution >= 0.6 is 23.4 Å². The van der Waals surface area contributed by atoms with Gasteiger partial charge in [0, 0.05) is 11.6 Å². The number of hydrogen-bond acceptors (Lipinski definition) is 3. The van der Waals surface area contributed by atoms with Gasteiger partial charge in [0.05, 0.1) is 0 Å². The lowest BCUT2D eigenvalue weighted by Crippen LogP contribution is -1.97. The predicted octanol–water partition coefficient (Wildman–Crippen LogP) is 4.58. The number of benzene rings is 1. The van der Waals surface area contributed by atoms with Gasteiger partial charge in [-0.1, -0.05) is 30.8 Å². The lowest BCUT2D eigenvalue weighted by atomic mass is 10.1. The predicted molar refractivity (Wildman–Crippen MR) is 73.9 cm³/mol. The molecule has 0 amide bonds. The van der Waals surface area contributed by atoms with E-state index >= 15 is 0 Å². The minimum absolute atomic E-state index is 0.671. The lowest BCUT2D eigenvalue weighted by Gasteiger charge is -2.06. The lowest BCUT2D eigenvalue weighted by molar-refractivity contribution is 0.487. The van der Waals surface area contributed by atoms with Crippen LogP contribution in [0.5, 0.6) is 0 Å². The molecule has 2 nitrogen and oxygen atoms in total. The minimum Gasteiger partial charge on any atom is -0.431 e. The van der Waals surface area contributed by atoms with E-state index in [-0.39, 0.29) is 0 Å². The van der Waals surface area contributed by atoms with Crippen LogP contribution in [0.3, 0.4) is 0 Å². The zero-order chi connectivity index (χ0) is 12.1. The van der Waals surface area contributed by atoms with Gasteiger partial charge in [0.1, 0.15) is 5.52 Å². The van der Waals surface area contributed by atoms with E-state index in [2.05, 4.69) is 11.9 Å². The van der Waals surface area contributed by atoms with Crippen molar-refractivity contribution in [1.82, 2.24) is 4.98 Å². The molecule has 1 unspecified atom stereocenters. The number of thioether (sulfide) groups is 1. The second-order valence-corrected chi connectivity index (χ2v) is 5.59. The van der Waals surface area contributed by atoms with Crippen LogP contribution in [0.2, 0.25) is 0 Å². The Morgan fingerprint density at radius 1 is 1.35 bits per heavy atom. The zero-order valence-corrected chi connectivity index (χ0v) is 11.4. The van der Waals surface area contributed by atoms with Gasteiger partial charge in [-0.25, -0.2) is 4.98 Å². The van der Waals surface area contributed by atoms with Crippen LogP contribution in [0.25, 0.3) is 11.1 Å². The first-order chi connectivity index (χ1) is 8.29. The van der Waals surface area contributed by atoms with Crippen molar-refractivity contribution < 1.29 is 4.42 Å². The van der Waals surface area contributed by atoms with Crippen molar-refractivity contribution in [1.29, 1.82) is 0 Å². The van der Waals surface area contributed by atoms with Gasteiger partial charge in [-0.2, -0.15) is 0 Å². The van der Waals surface area contributed by atoms with Gasteiger partial charge >= 0.3 is 0 Å². The van der Waals surface area contributed by atoms with E-state index in [0.29, 0.717) is 5.92 Å². The van der Waals surface area contributed by atoms with E-state index < -0.39 is 0 Å². The highest BCUT2D eigenvalue weighted by Gasteiger charge is 2.07. The van der Waals surface area contributed by atoms with Crippen molar-refractivity contribution >= 4 is 34.5 Å². The van der Waals surface area contributed by atoms with Crippen LogP contribution in [0.4, 0.5) is 0 Å². The van der Waals surface area contributed by atoms with E-state index in [1.165, 1.54) is 0 Å². The summed E-state index contributed by atoms with van der Waals surface area (Å²) in [6.07, 6.45) is 2.23. The summed E-state index contributed by atoms with van der Waals surface area (Å²) in [5.74, 6) is 2.45.